The van der Waals surface area contributed by atoms with Gasteiger partial charge in [-0.15, -0.1) is 12.4 Å². The normalized spacial score (nSPS) is 21.5. The Bertz CT molecular complexity index is 828. The summed E-state index contributed by atoms with van der Waals surface area (Å²) in [5.74, 6) is -0.192. The van der Waals surface area contributed by atoms with Gasteiger partial charge in [0.1, 0.15) is 0 Å². The van der Waals surface area contributed by atoms with Gasteiger partial charge >= 0.3 is 6.18 Å². The lowest BCUT2D eigenvalue weighted by molar-refractivity contribution is -0.137. The third-order valence-electron chi connectivity index (χ3n) is 5.54. The third kappa shape index (κ3) is 6.32. The van der Waals surface area contributed by atoms with E-state index < -0.39 is 21.8 Å². The van der Waals surface area contributed by atoms with E-state index in [2.05, 4.69) is 4.90 Å². The summed E-state index contributed by atoms with van der Waals surface area (Å²) in [6.45, 7) is 3.21. The highest BCUT2D eigenvalue weighted by Gasteiger charge is 2.35. The average Bonchev–Trinajstić information content (AvgIpc) is 3.13. The second-order valence-electron chi connectivity index (χ2n) is 7.74. The summed E-state index contributed by atoms with van der Waals surface area (Å²) in [5, 5.41) is 0. The van der Waals surface area contributed by atoms with Crippen molar-refractivity contribution >= 4 is 28.3 Å². The van der Waals surface area contributed by atoms with Gasteiger partial charge in [-0.3, -0.25) is 4.79 Å². The molecule has 0 unspecified atom stereocenters. The molecule has 30 heavy (non-hydrogen) atoms. The van der Waals surface area contributed by atoms with Gasteiger partial charge in [-0.25, -0.2) is 8.42 Å². The average molecular weight is 470 g/mol. The van der Waals surface area contributed by atoms with Crippen LogP contribution in [-0.4, -0.2) is 80.0 Å². The molecule has 0 bridgehead atoms. The number of alkyl halides is 3. The molecule has 2 aliphatic heterocycles. The smallest absolute Gasteiger partial charge is 0.335 e. The van der Waals surface area contributed by atoms with Crippen molar-refractivity contribution in [1.82, 2.24) is 14.1 Å². The number of carbonyl (C=O) groups is 1. The Hall–Kier alpha value is -1.36. The van der Waals surface area contributed by atoms with Gasteiger partial charge in [-0.1, -0.05) is 12.1 Å². The maximum Gasteiger partial charge on any atom is 0.416 e. The molecule has 2 heterocycles. The highest BCUT2D eigenvalue weighted by atomic mass is 35.5. The number of nitrogens with zero attached hydrogens (tertiary/aromatic N) is 3. The Morgan fingerprint density at radius 2 is 1.67 bits per heavy atom. The van der Waals surface area contributed by atoms with Crippen molar-refractivity contribution in [2.24, 2.45) is 0 Å². The number of likely N-dealkylation sites (tertiary alicyclic amines) is 1. The molecule has 170 valence electrons. The van der Waals surface area contributed by atoms with Crippen LogP contribution in [0, 0.1) is 0 Å². The Labute approximate surface area is 181 Å². The molecule has 0 radical (unpaired) electrons. The van der Waals surface area contributed by atoms with Gasteiger partial charge in [-0.05, 0) is 43.6 Å². The van der Waals surface area contributed by atoms with Crippen LogP contribution in [0.1, 0.15) is 24.0 Å². The summed E-state index contributed by atoms with van der Waals surface area (Å²) in [4.78, 5) is 16.8. The SMILES string of the molecule is CS(=O)(=O)N1CCN(C(=O)Cc2ccc(C(F)(F)F)cc2)[C@@H](CN2CCCC2)C1.Cl. The summed E-state index contributed by atoms with van der Waals surface area (Å²) in [6, 6.07) is 4.34. The second kappa shape index (κ2) is 9.84. The molecule has 0 aromatic heterocycles. The van der Waals surface area contributed by atoms with Crippen molar-refractivity contribution < 1.29 is 26.4 Å². The molecule has 1 atom stereocenters. The van der Waals surface area contributed by atoms with Crippen LogP contribution in [0.5, 0.6) is 0 Å². The number of hydrogen-bond acceptors (Lipinski definition) is 4. The number of amides is 1. The van der Waals surface area contributed by atoms with Gasteiger partial charge in [0.2, 0.25) is 15.9 Å². The lowest BCUT2D eigenvalue weighted by atomic mass is 10.1. The molecule has 1 aromatic rings. The number of piperazine rings is 1. The molecule has 11 heteroatoms. The second-order valence-corrected chi connectivity index (χ2v) is 9.72. The van der Waals surface area contributed by atoms with Gasteiger partial charge in [0.05, 0.1) is 24.3 Å². The molecule has 1 aromatic carbocycles. The highest BCUT2D eigenvalue weighted by Crippen LogP contribution is 2.29. The minimum atomic E-state index is -4.41. The van der Waals surface area contributed by atoms with Gasteiger partial charge in [0, 0.05) is 26.2 Å². The largest absolute Gasteiger partial charge is 0.416 e. The fourth-order valence-electron chi connectivity index (χ4n) is 3.96. The standard InChI is InChI=1S/C19H26F3N3O3S.ClH/c1-29(27,28)24-10-11-25(17(14-24)13-23-8-2-3-9-23)18(26)12-15-4-6-16(7-5-15)19(20,21)22;/h4-7,17H,2-3,8-14H2,1H3;1H/t17-;/m0./s1. The van der Waals surface area contributed by atoms with E-state index in [1.54, 1.807) is 4.90 Å². The van der Waals surface area contributed by atoms with Crippen LogP contribution in [0.2, 0.25) is 0 Å². The maximum atomic E-state index is 12.9. The van der Waals surface area contributed by atoms with Crippen LogP contribution in [-0.2, 0) is 27.4 Å². The van der Waals surface area contributed by atoms with E-state index in [9.17, 15) is 26.4 Å². The van der Waals surface area contributed by atoms with Crippen molar-refractivity contribution in [3.05, 3.63) is 35.4 Å². The van der Waals surface area contributed by atoms with Crippen molar-refractivity contribution in [3.8, 4) is 0 Å². The van der Waals surface area contributed by atoms with Crippen LogP contribution in [0.15, 0.2) is 24.3 Å². The zero-order chi connectivity index (χ0) is 21.2. The minimum absolute atomic E-state index is 0. The summed E-state index contributed by atoms with van der Waals surface area (Å²) >= 11 is 0. The Balaban J connectivity index is 0.00000320. The molecule has 0 N–H and O–H groups in total. The third-order valence-corrected chi connectivity index (χ3v) is 6.81. The van der Waals surface area contributed by atoms with Crippen LogP contribution in [0.25, 0.3) is 0 Å². The van der Waals surface area contributed by atoms with Crippen LogP contribution >= 0.6 is 12.4 Å². The van der Waals surface area contributed by atoms with Gasteiger partial charge in [0.15, 0.2) is 0 Å². The van der Waals surface area contributed by atoms with Crippen molar-refractivity contribution in [2.45, 2.75) is 31.5 Å². The summed E-state index contributed by atoms with van der Waals surface area (Å²) < 4.78 is 63.5. The molecule has 2 fully saturated rings. The van der Waals surface area contributed by atoms with E-state index in [0.717, 1.165) is 38.1 Å². The number of rotatable bonds is 5. The first-order chi connectivity index (χ1) is 13.5. The zero-order valence-electron chi connectivity index (χ0n) is 16.8. The van der Waals surface area contributed by atoms with E-state index in [-0.39, 0.29) is 50.4 Å². The summed E-state index contributed by atoms with van der Waals surface area (Å²) in [5.41, 5.74) is -0.240. The molecule has 0 spiro atoms. The lowest BCUT2D eigenvalue weighted by Gasteiger charge is -2.42. The lowest BCUT2D eigenvalue weighted by Crippen LogP contribution is -2.59. The van der Waals surface area contributed by atoms with Crippen molar-refractivity contribution in [3.63, 3.8) is 0 Å². The Morgan fingerprint density at radius 1 is 1.07 bits per heavy atom. The summed E-state index contributed by atoms with van der Waals surface area (Å²) in [7, 11) is -3.35. The minimum Gasteiger partial charge on any atom is -0.335 e. The topological polar surface area (TPSA) is 60.9 Å². The first-order valence-electron chi connectivity index (χ1n) is 9.67. The first-order valence-corrected chi connectivity index (χ1v) is 11.5. The van der Waals surface area contributed by atoms with E-state index >= 15 is 0 Å². The van der Waals surface area contributed by atoms with Crippen LogP contribution < -0.4 is 0 Å². The quantitative estimate of drug-likeness (QED) is 0.663. The monoisotopic (exact) mass is 469 g/mol. The molecule has 0 aliphatic carbocycles. The number of sulfonamides is 1. The molecule has 0 saturated carbocycles. The van der Waals surface area contributed by atoms with E-state index in [0.29, 0.717) is 12.1 Å². The van der Waals surface area contributed by atoms with Gasteiger partial charge < -0.3 is 9.80 Å². The molecule has 2 saturated heterocycles. The molecule has 3 rings (SSSR count). The first kappa shape index (κ1) is 24.9. The molecule has 1 amide bonds. The van der Waals surface area contributed by atoms with Crippen molar-refractivity contribution in [1.29, 1.82) is 0 Å². The Kier molecular flexibility index (Phi) is 8.17. The molecular formula is C19H27ClF3N3O3S. The highest BCUT2D eigenvalue weighted by molar-refractivity contribution is 7.88. The van der Waals surface area contributed by atoms with E-state index in [1.807, 2.05) is 0 Å². The predicted octanol–water partition coefficient (Wildman–Crippen LogP) is 2.24. The molecule has 2 aliphatic rings. The fraction of sp³-hybridized carbons (Fsp3) is 0.632. The fourth-order valence-corrected chi connectivity index (χ4v) is 4.82. The Morgan fingerprint density at radius 3 is 2.20 bits per heavy atom. The van der Waals surface area contributed by atoms with Crippen molar-refractivity contribution in [2.75, 3.05) is 45.5 Å². The van der Waals surface area contributed by atoms with E-state index in [1.165, 1.54) is 22.7 Å². The number of halogens is 4. The number of hydrogen-bond donors (Lipinski definition) is 0. The summed E-state index contributed by atoms with van der Waals surface area (Å²) in [6.07, 6.45) is -1.08. The molecule has 6 nitrogen and oxygen atoms in total. The zero-order valence-corrected chi connectivity index (χ0v) is 18.4. The van der Waals surface area contributed by atoms with Gasteiger partial charge in [-0.2, -0.15) is 17.5 Å². The molecular weight excluding hydrogens is 443 g/mol. The van der Waals surface area contributed by atoms with Crippen LogP contribution in [0.3, 0.4) is 0 Å². The maximum absolute atomic E-state index is 12.9. The number of benzene rings is 1. The van der Waals surface area contributed by atoms with Gasteiger partial charge in [0.25, 0.3) is 0 Å². The van der Waals surface area contributed by atoms with E-state index in [4.69, 9.17) is 0 Å². The number of carbonyl (C=O) groups excluding carboxylic acids is 1. The van der Waals surface area contributed by atoms with Crippen LogP contribution in [0.4, 0.5) is 13.2 Å². The predicted molar refractivity (Wildman–Crippen MR) is 110 cm³/mol.